The zero-order valence-electron chi connectivity index (χ0n) is 20.0. The van der Waals surface area contributed by atoms with Crippen LogP contribution in [0.1, 0.15) is 12.5 Å². The van der Waals surface area contributed by atoms with Gasteiger partial charge >= 0.3 is 0 Å². The largest absolute Gasteiger partial charge is 0.459 e. The second-order valence-electron chi connectivity index (χ2n) is 9.19. The van der Waals surface area contributed by atoms with Crippen molar-refractivity contribution in [3.63, 3.8) is 0 Å². The Hall–Kier alpha value is -2.47. The first kappa shape index (κ1) is 24.2. The minimum absolute atomic E-state index is 0.135. The Morgan fingerprint density at radius 1 is 1.20 bits per heavy atom. The van der Waals surface area contributed by atoms with Crippen LogP contribution in [-0.2, 0) is 21.2 Å². The lowest BCUT2D eigenvalue weighted by atomic mass is 10.0. The van der Waals surface area contributed by atoms with Gasteiger partial charge in [0.2, 0.25) is 15.9 Å². The number of rotatable bonds is 5. The van der Waals surface area contributed by atoms with E-state index in [0.717, 1.165) is 24.2 Å². The molecule has 0 radical (unpaired) electrons. The van der Waals surface area contributed by atoms with Crippen LogP contribution in [0.3, 0.4) is 0 Å². The number of nitrogens with zero attached hydrogens (tertiary/aromatic N) is 5. The van der Waals surface area contributed by atoms with Crippen molar-refractivity contribution in [1.29, 1.82) is 0 Å². The van der Waals surface area contributed by atoms with Crippen LogP contribution in [0.5, 0.6) is 5.88 Å². The van der Waals surface area contributed by atoms with E-state index in [-0.39, 0.29) is 12.5 Å². The lowest BCUT2D eigenvalue weighted by Gasteiger charge is -2.28. The highest BCUT2D eigenvalue weighted by Gasteiger charge is 2.34. The van der Waals surface area contributed by atoms with Gasteiger partial charge in [-0.1, -0.05) is 13.0 Å². The molecule has 0 aliphatic carbocycles. The number of thiol groups is 1. The number of benzene rings is 1. The molecule has 2 aromatic heterocycles. The van der Waals surface area contributed by atoms with Gasteiger partial charge in [0.1, 0.15) is 6.10 Å². The molecule has 3 unspecified atom stereocenters. The Labute approximate surface area is 210 Å². The van der Waals surface area contributed by atoms with Crippen LogP contribution in [0.2, 0.25) is 0 Å². The highest BCUT2D eigenvalue weighted by Crippen LogP contribution is 2.34. The summed E-state index contributed by atoms with van der Waals surface area (Å²) in [7, 11) is -1.21. The van der Waals surface area contributed by atoms with Gasteiger partial charge in [-0.15, -0.1) is 12.6 Å². The first-order valence-electron chi connectivity index (χ1n) is 11.6. The Morgan fingerprint density at radius 2 is 2.00 bits per heavy atom. The fourth-order valence-corrected chi connectivity index (χ4v) is 6.11. The molecule has 35 heavy (non-hydrogen) atoms. The molecule has 0 amide bonds. The summed E-state index contributed by atoms with van der Waals surface area (Å²) in [4.78, 5) is 16.0. The van der Waals surface area contributed by atoms with E-state index in [4.69, 9.17) is 27.1 Å². The molecule has 0 bridgehead atoms. The number of hydrogen-bond acceptors (Lipinski definition) is 9. The summed E-state index contributed by atoms with van der Waals surface area (Å²) < 4.78 is 37.8. The Kier molecular flexibility index (Phi) is 6.60. The van der Waals surface area contributed by atoms with Gasteiger partial charge in [-0.3, -0.25) is 4.98 Å². The van der Waals surface area contributed by atoms with Crippen molar-refractivity contribution < 1.29 is 17.9 Å². The van der Waals surface area contributed by atoms with E-state index in [9.17, 15) is 8.42 Å². The van der Waals surface area contributed by atoms with Gasteiger partial charge in [-0.05, 0) is 30.2 Å². The van der Waals surface area contributed by atoms with Crippen molar-refractivity contribution in [1.82, 2.24) is 19.3 Å². The van der Waals surface area contributed by atoms with Crippen molar-refractivity contribution in [3.8, 4) is 17.1 Å². The van der Waals surface area contributed by atoms with Crippen molar-refractivity contribution in [2.45, 2.75) is 24.9 Å². The van der Waals surface area contributed by atoms with Crippen LogP contribution in [0.25, 0.3) is 22.3 Å². The minimum atomic E-state index is -3.31. The van der Waals surface area contributed by atoms with Gasteiger partial charge in [-0.25, -0.2) is 18.4 Å². The van der Waals surface area contributed by atoms with E-state index in [1.54, 1.807) is 12.4 Å². The van der Waals surface area contributed by atoms with E-state index < -0.39 is 21.6 Å². The zero-order chi connectivity index (χ0) is 24.7. The number of likely N-dealkylation sites (N-methyl/N-ethyl adjacent to an activating group) is 1. The summed E-state index contributed by atoms with van der Waals surface area (Å²) in [6.07, 6.45) is 5.02. The number of aromatic nitrogens is 3. The highest BCUT2D eigenvalue weighted by atomic mass is 32.2. The molecule has 1 fully saturated rings. The van der Waals surface area contributed by atoms with Gasteiger partial charge in [0, 0.05) is 56.2 Å². The van der Waals surface area contributed by atoms with Crippen LogP contribution in [0.4, 0.5) is 5.69 Å². The van der Waals surface area contributed by atoms with Gasteiger partial charge < -0.3 is 14.4 Å². The molecule has 5 rings (SSSR count). The summed E-state index contributed by atoms with van der Waals surface area (Å²) in [5.74, 6) is 0.187. The predicted molar refractivity (Wildman–Crippen MR) is 138 cm³/mol. The van der Waals surface area contributed by atoms with Crippen molar-refractivity contribution in [2.75, 3.05) is 44.4 Å². The number of fused-ring (bicyclic) bond motifs is 2. The third-order valence-corrected chi connectivity index (χ3v) is 8.28. The molecule has 2 aliphatic rings. The van der Waals surface area contributed by atoms with Crippen LogP contribution in [0.15, 0.2) is 36.7 Å². The molecule has 0 N–H and O–H groups in total. The molecule has 0 saturated carbocycles. The van der Waals surface area contributed by atoms with Crippen LogP contribution in [-0.4, -0.2) is 78.8 Å². The average molecular weight is 516 g/mol. The van der Waals surface area contributed by atoms with E-state index in [1.807, 2.05) is 13.0 Å². The minimum Gasteiger partial charge on any atom is -0.459 e. The van der Waals surface area contributed by atoms with Gasteiger partial charge in [0.15, 0.2) is 11.0 Å². The summed E-state index contributed by atoms with van der Waals surface area (Å²) in [5.41, 5.74) is 4.78. The quantitative estimate of drug-likeness (QED) is 0.409. The fourth-order valence-electron chi connectivity index (χ4n) is 4.72. The normalized spacial score (nSPS) is 22.1. The van der Waals surface area contributed by atoms with Crippen LogP contribution in [0, 0.1) is 5.92 Å². The second-order valence-corrected chi connectivity index (χ2v) is 11.7. The van der Waals surface area contributed by atoms with Crippen LogP contribution >= 0.6 is 12.6 Å². The lowest BCUT2D eigenvalue weighted by molar-refractivity contribution is -0.00867. The first-order chi connectivity index (χ1) is 16.7. The summed E-state index contributed by atoms with van der Waals surface area (Å²) in [6.45, 7) is 3.84. The SMILES string of the molecule is CC1CN(S(C)(=O)=O)CCOC1C(S)Oc1nc(-c2ccc3c(c2)CCN3C)cc2nccnc12. The van der Waals surface area contributed by atoms with Crippen molar-refractivity contribution >= 4 is 39.4 Å². The lowest BCUT2D eigenvalue weighted by Crippen LogP contribution is -2.39. The number of ether oxygens (including phenoxy) is 2. The zero-order valence-corrected chi connectivity index (χ0v) is 21.7. The summed E-state index contributed by atoms with van der Waals surface area (Å²) in [6, 6.07) is 8.26. The summed E-state index contributed by atoms with van der Waals surface area (Å²) in [5, 5.41) is 0. The first-order valence-corrected chi connectivity index (χ1v) is 13.9. The second kappa shape index (κ2) is 9.53. The van der Waals surface area contributed by atoms with Crippen molar-refractivity contribution in [2.24, 2.45) is 5.92 Å². The average Bonchev–Trinajstić information content (AvgIpc) is 3.06. The van der Waals surface area contributed by atoms with Crippen LogP contribution < -0.4 is 9.64 Å². The molecular weight excluding hydrogens is 486 g/mol. The number of pyridine rings is 1. The van der Waals surface area contributed by atoms with Gasteiger partial charge in [-0.2, -0.15) is 4.31 Å². The van der Waals surface area contributed by atoms with E-state index >= 15 is 0 Å². The Balaban J connectivity index is 1.45. The molecule has 4 heterocycles. The smallest absolute Gasteiger partial charge is 0.244 e. The third kappa shape index (κ3) is 4.95. The van der Waals surface area contributed by atoms with E-state index in [2.05, 4.69) is 40.1 Å². The third-order valence-electron chi connectivity index (χ3n) is 6.61. The number of anilines is 1. The maximum absolute atomic E-state index is 12.1. The monoisotopic (exact) mass is 515 g/mol. The molecule has 2 aliphatic heterocycles. The van der Waals surface area contributed by atoms with E-state index in [1.165, 1.54) is 21.8 Å². The molecule has 11 heteroatoms. The number of sulfonamides is 1. The topological polar surface area (TPSA) is 97.8 Å². The molecule has 3 aromatic rings. The molecule has 9 nitrogen and oxygen atoms in total. The maximum atomic E-state index is 12.1. The van der Waals surface area contributed by atoms with Gasteiger partial charge in [0.25, 0.3) is 0 Å². The Bertz CT molecular complexity index is 1350. The molecule has 0 spiro atoms. The molecular formula is C24H29N5O4S2. The molecule has 3 atom stereocenters. The maximum Gasteiger partial charge on any atom is 0.244 e. The number of hydrogen-bond donors (Lipinski definition) is 1. The molecule has 1 saturated heterocycles. The fraction of sp³-hybridized carbons (Fsp3) is 0.458. The Morgan fingerprint density at radius 3 is 2.80 bits per heavy atom. The van der Waals surface area contributed by atoms with E-state index in [0.29, 0.717) is 30.0 Å². The van der Waals surface area contributed by atoms with Gasteiger partial charge in [0.05, 0.1) is 24.1 Å². The molecule has 186 valence electrons. The summed E-state index contributed by atoms with van der Waals surface area (Å²) >= 11 is 4.69. The molecule has 1 aromatic carbocycles. The standard InChI is InChI=1S/C24H29N5O4S2/c1-15-14-29(35(3,30)31)10-11-32-22(15)24(34)33-23-21-19(25-7-8-26-21)13-18(27-23)16-4-5-20-17(12-16)6-9-28(20)2/h4-5,7-8,12-13,15,22,24,34H,6,9-11,14H2,1-3H3. The predicted octanol–water partition coefficient (Wildman–Crippen LogP) is 2.62. The van der Waals surface area contributed by atoms with Crippen molar-refractivity contribution in [3.05, 3.63) is 42.2 Å². The highest BCUT2D eigenvalue weighted by molar-refractivity contribution is 7.88.